The van der Waals surface area contributed by atoms with Crippen molar-refractivity contribution in [3.63, 3.8) is 0 Å². The first-order valence-corrected chi connectivity index (χ1v) is 7.86. The van der Waals surface area contributed by atoms with Crippen LogP contribution in [0.15, 0.2) is 53.0 Å². The smallest absolute Gasteiger partial charge is 0.251 e. The van der Waals surface area contributed by atoms with Crippen molar-refractivity contribution < 1.29 is 9.59 Å². The van der Waals surface area contributed by atoms with Gasteiger partial charge in [-0.1, -0.05) is 40.2 Å². The zero-order valence-corrected chi connectivity index (χ0v) is 13.5. The molecule has 0 atom stereocenters. The van der Waals surface area contributed by atoms with Crippen molar-refractivity contribution in [1.29, 1.82) is 0 Å². The molecule has 1 aliphatic rings. The summed E-state index contributed by atoms with van der Waals surface area (Å²) in [5, 5.41) is 2.68. The third kappa shape index (κ3) is 3.04. The molecule has 0 unspecified atom stereocenters. The van der Waals surface area contributed by atoms with Gasteiger partial charge in [0.2, 0.25) is 5.91 Å². The maximum atomic E-state index is 12.3. The average molecular weight is 359 g/mol. The van der Waals surface area contributed by atoms with Crippen LogP contribution in [-0.4, -0.2) is 24.9 Å². The third-order valence-electron chi connectivity index (χ3n) is 3.68. The fourth-order valence-corrected chi connectivity index (χ4v) is 2.98. The van der Waals surface area contributed by atoms with E-state index in [1.165, 1.54) is 5.56 Å². The number of rotatable bonds is 3. The van der Waals surface area contributed by atoms with E-state index in [1.807, 2.05) is 30.3 Å². The van der Waals surface area contributed by atoms with E-state index in [0.717, 1.165) is 16.6 Å². The average Bonchev–Trinajstić information content (AvgIpc) is 2.96. The van der Waals surface area contributed by atoms with Crippen molar-refractivity contribution in [2.45, 2.75) is 6.42 Å². The second-order valence-corrected chi connectivity index (χ2v) is 6.03. The third-order valence-corrected chi connectivity index (χ3v) is 4.17. The molecule has 0 spiro atoms. The number of halogens is 1. The second kappa shape index (κ2) is 6.32. The molecule has 0 saturated carbocycles. The number of fused-ring (bicyclic) bond motifs is 1. The monoisotopic (exact) mass is 358 g/mol. The van der Waals surface area contributed by atoms with E-state index < -0.39 is 0 Å². The van der Waals surface area contributed by atoms with Gasteiger partial charge in [-0.2, -0.15) is 0 Å². The molecule has 2 aromatic carbocycles. The Balaban J connectivity index is 1.63. The molecular weight excluding hydrogens is 344 g/mol. The Morgan fingerprint density at radius 3 is 2.77 bits per heavy atom. The van der Waals surface area contributed by atoms with Crippen LogP contribution in [0.5, 0.6) is 0 Å². The summed E-state index contributed by atoms with van der Waals surface area (Å²) in [6, 6.07) is 15.0. The molecule has 4 nitrogen and oxygen atoms in total. The maximum Gasteiger partial charge on any atom is 0.251 e. The molecular formula is C17H15BrN2O2. The summed E-state index contributed by atoms with van der Waals surface area (Å²) < 4.78 is 0.833. The maximum absolute atomic E-state index is 12.3. The topological polar surface area (TPSA) is 49.4 Å². The summed E-state index contributed by atoms with van der Waals surface area (Å²) in [6.07, 6.45) is 0.863. The molecule has 1 N–H and O–H groups in total. The summed E-state index contributed by atoms with van der Waals surface area (Å²) in [4.78, 5) is 26.1. The number of anilines is 1. The first-order chi connectivity index (χ1) is 10.6. The lowest BCUT2D eigenvalue weighted by Crippen LogP contribution is -2.39. The lowest BCUT2D eigenvalue weighted by atomic mass is 10.2. The van der Waals surface area contributed by atoms with Crippen LogP contribution in [0, 0.1) is 0 Å². The molecule has 1 heterocycles. The van der Waals surface area contributed by atoms with Crippen molar-refractivity contribution in [2.75, 3.05) is 18.0 Å². The molecule has 0 saturated heterocycles. The molecule has 0 bridgehead atoms. The number of para-hydroxylation sites is 1. The summed E-state index contributed by atoms with van der Waals surface area (Å²) >= 11 is 3.33. The van der Waals surface area contributed by atoms with Crippen LogP contribution >= 0.6 is 15.9 Å². The van der Waals surface area contributed by atoms with Crippen LogP contribution < -0.4 is 10.2 Å². The van der Waals surface area contributed by atoms with Gasteiger partial charge in [0.05, 0.1) is 6.54 Å². The SMILES string of the molecule is O=C(NCC(=O)N1CCc2ccccc21)c1cccc(Br)c1. The van der Waals surface area contributed by atoms with Crippen LogP contribution in [0.2, 0.25) is 0 Å². The van der Waals surface area contributed by atoms with Gasteiger partial charge in [-0.05, 0) is 36.2 Å². The number of hydrogen-bond acceptors (Lipinski definition) is 2. The minimum atomic E-state index is -0.248. The van der Waals surface area contributed by atoms with E-state index in [4.69, 9.17) is 0 Å². The number of carbonyl (C=O) groups is 2. The van der Waals surface area contributed by atoms with Gasteiger partial charge in [0.1, 0.15) is 0 Å². The van der Waals surface area contributed by atoms with Gasteiger partial charge in [0, 0.05) is 22.3 Å². The van der Waals surface area contributed by atoms with Crippen LogP contribution in [0.1, 0.15) is 15.9 Å². The quantitative estimate of drug-likeness (QED) is 0.916. The van der Waals surface area contributed by atoms with Gasteiger partial charge in [0.15, 0.2) is 0 Å². The van der Waals surface area contributed by atoms with E-state index in [2.05, 4.69) is 21.2 Å². The van der Waals surface area contributed by atoms with Crippen LogP contribution in [-0.2, 0) is 11.2 Å². The van der Waals surface area contributed by atoms with E-state index in [9.17, 15) is 9.59 Å². The van der Waals surface area contributed by atoms with Crippen molar-refractivity contribution in [3.8, 4) is 0 Å². The van der Waals surface area contributed by atoms with Gasteiger partial charge in [-0.3, -0.25) is 9.59 Å². The van der Waals surface area contributed by atoms with Crippen molar-refractivity contribution >= 4 is 33.4 Å². The molecule has 1 aliphatic heterocycles. The number of nitrogens with zero attached hydrogens (tertiary/aromatic N) is 1. The lowest BCUT2D eigenvalue weighted by molar-refractivity contribution is -0.117. The van der Waals surface area contributed by atoms with Gasteiger partial charge in [0.25, 0.3) is 5.91 Å². The highest BCUT2D eigenvalue weighted by molar-refractivity contribution is 9.10. The molecule has 5 heteroatoms. The van der Waals surface area contributed by atoms with E-state index >= 15 is 0 Å². The Hall–Kier alpha value is -2.14. The number of amides is 2. The highest BCUT2D eigenvalue weighted by Crippen LogP contribution is 2.27. The van der Waals surface area contributed by atoms with E-state index in [-0.39, 0.29) is 18.4 Å². The zero-order valence-electron chi connectivity index (χ0n) is 11.9. The lowest BCUT2D eigenvalue weighted by Gasteiger charge is -2.17. The molecule has 3 rings (SSSR count). The summed E-state index contributed by atoms with van der Waals surface area (Å²) in [5.41, 5.74) is 2.65. The molecule has 0 radical (unpaired) electrons. The Morgan fingerprint density at radius 2 is 1.95 bits per heavy atom. The number of nitrogens with one attached hydrogen (secondary N) is 1. The highest BCUT2D eigenvalue weighted by atomic mass is 79.9. The molecule has 2 aromatic rings. The van der Waals surface area contributed by atoms with Crippen molar-refractivity contribution in [2.24, 2.45) is 0 Å². The fourth-order valence-electron chi connectivity index (χ4n) is 2.58. The standard InChI is InChI=1S/C17H15BrN2O2/c18-14-6-3-5-13(10-14)17(22)19-11-16(21)20-9-8-12-4-1-2-7-15(12)20/h1-7,10H,8-9,11H2,(H,19,22). The molecule has 22 heavy (non-hydrogen) atoms. The second-order valence-electron chi connectivity index (χ2n) is 5.12. The summed E-state index contributed by atoms with van der Waals surface area (Å²) in [5.74, 6) is -0.338. The Labute approximate surface area is 137 Å². The Kier molecular flexibility index (Phi) is 4.24. The van der Waals surface area contributed by atoms with Crippen LogP contribution in [0.3, 0.4) is 0 Å². The minimum absolute atomic E-state index is 0.000317. The number of hydrogen-bond donors (Lipinski definition) is 1. The highest BCUT2D eigenvalue weighted by Gasteiger charge is 2.24. The Bertz CT molecular complexity index is 730. The first kappa shape index (κ1) is 14.8. The van der Waals surface area contributed by atoms with Gasteiger partial charge < -0.3 is 10.2 Å². The predicted octanol–water partition coefficient (Wildman–Crippen LogP) is 2.77. The fraction of sp³-hybridized carbons (Fsp3) is 0.176. The predicted molar refractivity (Wildman–Crippen MR) is 89.0 cm³/mol. The number of carbonyl (C=O) groups excluding carboxylic acids is 2. The van der Waals surface area contributed by atoms with Gasteiger partial charge in [-0.25, -0.2) is 0 Å². The zero-order chi connectivity index (χ0) is 15.5. The summed E-state index contributed by atoms with van der Waals surface area (Å²) in [7, 11) is 0. The number of benzene rings is 2. The van der Waals surface area contributed by atoms with Crippen LogP contribution in [0.25, 0.3) is 0 Å². The first-order valence-electron chi connectivity index (χ1n) is 7.07. The van der Waals surface area contributed by atoms with Crippen molar-refractivity contribution in [3.05, 3.63) is 64.1 Å². The normalized spacial score (nSPS) is 12.9. The Morgan fingerprint density at radius 1 is 1.14 bits per heavy atom. The minimum Gasteiger partial charge on any atom is -0.343 e. The van der Waals surface area contributed by atoms with E-state index in [0.29, 0.717) is 12.1 Å². The van der Waals surface area contributed by atoms with E-state index in [1.54, 1.807) is 23.1 Å². The van der Waals surface area contributed by atoms with Crippen molar-refractivity contribution in [1.82, 2.24) is 5.32 Å². The molecule has 0 aromatic heterocycles. The summed E-state index contributed by atoms with van der Waals surface area (Å²) in [6.45, 7) is 0.671. The van der Waals surface area contributed by atoms with Crippen LogP contribution in [0.4, 0.5) is 5.69 Å². The van der Waals surface area contributed by atoms with Gasteiger partial charge in [-0.15, -0.1) is 0 Å². The largest absolute Gasteiger partial charge is 0.343 e. The van der Waals surface area contributed by atoms with Gasteiger partial charge >= 0.3 is 0 Å². The molecule has 0 fully saturated rings. The molecule has 0 aliphatic carbocycles. The molecule has 2 amide bonds. The molecule has 112 valence electrons.